The highest BCUT2D eigenvalue weighted by molar-refractivity contribution is 7.13. The van der Waals surface area contributed by atoms with Crippen molar-refractivity contribution in [2.45, 2.75) is 18.9 Å². The molecule has 0 saturated heterocycles. The minimum atomic E-state index is -0.0525. The first kappa shape index (κ1) is 8.85. The number of hydrogen-bond acceptors (Lipinski definition) is 3. The highest BCUT2D eigenvalue weighted by Crippen LogP contribution is 2.24. The Balaban J connectivity index is 1.98. The van der Waals surface area contributed by atoms with E-state index in [1.165, 1.54) is 11.5 Å². The third-order valence-electron chi connectivity index (χ3n) is 2.44. The van der Waals surface area contributed by atoms with Crippen LogP contribution in [-0.2, 0) is 0 Å². The molecule has 1 aromatic heterocycles. The molecule has 75 valence electrons. The van der Waals surface area contributed by atoms with Gasteiger partial charge >= 0.3 is 0 Å². The number of benzene rings is 1. The Bertz CT molecular complexity index is 516. The van der Waals surface area contributed by atoms with Crippen molar-refractivity contribution < 1.29 is 4.79 Å². The van der Waals surface area contributed by atoms with E-state index in [-0.39, 0.29) is 5.91 Å². The normalized spacial score (nSPS) is 15.5. The standard InChI is InChI=1S/C11H9N2OS/c14-11(12-7-5-6-7)10-8-3-1-2-4-9(8)15-13-10/h2-4,7H,5-6H2,(H,12,14). The number of rotatable bonds is 2. The molecule has 3 nitrogen and oxygen atoms in total. The molecule has 0 unspecified atom stereocenters. The van der Waals surface area contributed by atoms with E-state index < -0.39 is 0 Å². The molecule has 2 aromatic rings. The van der Waals surface area contributed by atoms with E-state index in [0.717, 1.165) is 22.9 Å². The Morgan fingerprint density at radius 1 is 1.60 bits per heavy atom. The molecule has 0 atom stereocenters. The minimum Gasteiger partial charge on any atom is -0.348 e. The van der Waals surface area contributed by atoms with Crippen LogP contribution in [0.25, 0.3) is 10.1 Å². The fourth-order valence-corrected chi connectivity index (χ4v) is 2.22. The maximum Gasteiger partial charge on any atom is 0.271 e. The Kier molecular flexibility index (Phi) is 1.95. The van der Waals surface area contributed by atoms with E-state index in [2.05, 4.69) is 15.8 Å². The lowest BCUT2D eigenvalue weighted by Crippen LogP contribution is -2.25. The molecule has 1 heterocycles. The molecule has 1 radical (unpaired) electrons. The van der Waals surface area contributed by atoms with Gasteiger partial charge in [0.1, 0.15) is 5.69 Å². The van der Waals surface area contributed by atoms with Gasteiger partial charge in [0.05, 0.1) is 4.70 Å². The van der Waals surface area contributed by atoms with Gasteiger partial charge in [0.2, 0.25) is 0 Å². The molecular weight excluding hydrogens is 208 g/mol. The first-order chi connectivity index (χ1) is 7.34. The van der Waals surface area contributed by atoms with E-state index in [0.29, 0.717) is 11.7 Å². The van der Waals surface area contributed by atoms with Crippen molar-refractivity contribution in [3.05, 3.63) is 30.0 Å². The monoisotopic (exact) mass is 217 g/mol. The van der Waals surface area contributed by atoms with Gasteiger partial charge in [-0.2, -0.15) is 4.37 Å². The number of nitrogens with one attached hydrogen (secondary N) is 1. The zero-order valence-electron chi connectivity index (χ0n) is 7.99. The zero-order chi connectivity index (χ0) is 10.3. The molecule has 15 heavy (non-hydrogen) atoms. The van der Waals surface area contributed by atoms with Crippen molar-refractivity contribution in [2.75, 3.05) is 0 Å². The van der Waals surface area contributed by atoms with Crippen molar-refractivity contribution >= 4 is 27.5 Å². The summed E-state index contributed by atoms with van der Waals surface area (Å²) in [4.78, 5) is 11.8. The molecule has 1 aliphatic carbocycles. The van der Waals surface area contributed by atoms with Gasteiger partial charge in [-0.3, -0.25) is 4.79 Å². The highest BCUT2D eigenvalue weighted by atomic mass is 32.1. The Labute approximate surface area is 91.3 Å². The van der Waals surface area contributed by atoms with Crippen LogP contribution in [0.4, 0.5) is 0 Å². The van der Waals surface area contributed by atoms with Crippen LogP contribution in [0.15, 0.2) is 18.2 Å². The SMILES string of the molecule is O=C(NC1CC1)c1nsc2cc[c]cc12. The lowest BCUT2D eigenvalue weighted by atomic mass is 10.2. The van der Waals surface area contributed by atoms with Crippen LogP contribution in [0.3, 0.4) is 0 Å². The van der Waals surface area contributed by atoms with Gasteiger partial charge in [0.25, 0.3) is 5.91 Å². The van der Waals surface area contributed by atoms with Gasteiger partial charge in [-0.25, -0.2) is 0 Å². The minimum absolute atomic E-state index is 0.0525. The molecule has 1 aliphatic rings. The van der Waals surface area contributed by atoms with Crippen LogP contribution in [0.5, 0.6) is 0 Å². The lowest BCUT2D eigenvalue weighted by molar-refractivity contribution is 0.0949. The molecule has 1 amide bonds. The van der Waals surface area contributed by atoms with Gasteiger partial charge in [-0.1, -0.05) is 6.07 Å². The largest absolute Gasteiger partial charge is 0.348 e. The summed E-state index contributed by atoms with van der Waals surface area (Å²) in [5.41, 5.74) is 0.541. The number of amides is 1. The summed E-state index contributed by atoms with van der Waals surface area (Å²) >= 11 is 1.36. The molecule has 1 fully saturated rings. The fraction of sp³-hybridized carbons (Fsp3) is 0.273. The van der Waals surface area contributed by atoms with Crippen molar-refractivity contribution in [1.82, 2.24) is 9.69 Å². The summed E-state index contributed by atoms with van der Waals surface area (Å²) in [6.45, 7) is 0. The number of fused-ring (bicyclic) bond motifs is 1. The Morgan fingerprint density at radius 2 is 2.47 bits per heavy atom. The van der Waals surface area contributed by atoms with E-state index in [4.69, 9.17) is 0 Å². The molecule has 0 spiro atoms. The van der Waals surface area contributed by atoms with Crippen LogP contribution in [0, 0.1) is 6.07 Å². The first-order valence-electron chi connectivity index (χ1n) is 4.91. The fourth-order valence-electron chi connectivity index (χ4n) is 1.47. The maximum absolute atomic E-state index is 11.8. The predicted molar refractivity (Wildman–Crippen MR) is 58.9 cm³/mol. The van der Waals surface area contributed by atoms with Gasteiger partial charge < -0.3 is 5.32 Å². The maximum atomic E-state index is 11.8. The summed E-state index contributed by atoms with van der Waals surface area (Å²) in [5.74, 6) is -0.0525. The van der Waals surface area contributed by atoms with Gasteiger partial charge in [0.15, 0.2) is 0 Å². The van der Waals surface area contributed by atoms with E-state index >= 15 is 0 Å². The van der Waals surface area contributed by atoms with Gasteiger partial charge in [0, 0.05) is 11.4 Å². The van der Waals surface area contributed by atoms with Gasteiger partial charge in [-0.15, -0.1) is 0 Å². The molecule has 1 aromatic carbocycles. The summed E-state index contributed by atoms with van der Waals surface area (Å²) in [6.07, 6.45) is 2.19. The lowest BCUT2D eigenvalue weighted by Gasteiger charge is -1.99. The van der Waals surface area contributed by atoms with Crippen LogP contribution in [-0.4, -0.2) is 16.3 Å². The summed E-state index contributed by atoms with van der Waals surface area (Å²) in [7, 11) is 0. The molecule has 3 rings (SSSR count). The smallest absolute Gasteiger partial charge is 0.271 e. The van der Waals surface area contributed by atoms with Crippen LogP contribution >= 0.6 is 11.5 Å². The van der Waals surface area contributed by atoms with E-state index in [1.807, 2.05) is 18.2 Å². The Morgan fingerprint density at radius 3 is 3.27 bits per heavy atom. The van der Waals surface area contributed by atoms with Crippen molar-refractivity contribution in [2.24, 2.45) is 0 Å². The molecule has 4 heteroatoms. The second-order valence-corrected chi connectivity index (χ2v) is 4.51. The number of carbonyl (C=O) groups excluding carboxylic acids is 1. The number of aromatic nitrogens is 1. The van der Waals surface area contributed by atoms with Crippen molar-refractivity contribution in [1.29, 1.82) is 0 Å². The molecular formula is C11H9N2OS. The van der Waals surface area contributed by atoms with Crippen molar-refractivity contribution in [3.8, 4) is 0 Å². The van der Waals surface area contributed by atoms with E-state index in [1.54, 1.807) is 0 Å². The average Bonchev–Trinajstić information content (AvgIpc) is 2.96. The summed E-state index contributed by atoms with van der Waals surface area (Å²) in [6, 6.07) is 8.94. The van der Waals surface area contributed by atoms with Crippen LogP contribution in [0.1, 0.15) is 23.3 Å². The molecule has 0 bridgehead atoms. The third-order valence-corrected chi connectivity index (χ3v) is 3.27. The quantitative estimate of drug-likeness (QED) is 0.835. The second-order valence-electron chi connectivity index (χ2n) is 3.70. The Hall–Kier alpha value is -1.42. The van der Waals surface area contributed by atoms with Gasteiger partial charge in [-0.05, 0) is 42.6 Å². The predicted octanol–water partition coefficient (Wildman–Crippen LogP) is 1.99. The number of carbonyl (C=O) groups is 1. The molecule has 1 saturated carbocycles. The van der Waals surface area contributed by atoms with Crippen LogP contribution < -0.4 is 5.32 Å². The van der Waals surface area contributed by atoms with Crippen molar-refractivity contribution in [3.63, 3.8) is 0 Å². The molecule has 1 N–H and O–H groups in total. The molecule has 0 aliphatic heterocycles. The summed E-state index contributed by atoms with van der Waals surface area (Å²) in [5, 5.41) is 3.84. The highest BCUT2D eigenvalue weighted by Gasteiger charge is 2.25. The number of hydrogen-bond donors (Lipinski definition) is 1. The van der Waals surface area contributed by atoms with E-state index in [9.17, 15) is 4.79 Å². The number of nitrogens with zero attached hydrogens (tertiary/aromatic N) is 1. The van der Waals surface area contributed by atoms with Crippen LogP contribution in [0.2, 0.25) is 0 Å². The zero-order valence-corrected chi connectivity index (χ0v) is 8.80. The average molecular weight is 217 g/mol. The third kappa shape index (κ3) is 1.61. The first-order valence-corrected chi connectivity index (χ1v) is 5.68. The second kappa shape index (κ2) is 3.31. The summed E-state index contributed by atoms with van der Waals surface area (Å²) < 4.78 is 5.22. The topological polar surface area (TPSA) is 42.0 Å².